The first-order valence-electron chi connectivity index (χ1n) is 11.6. The summed E-state index contributed by atoms with van der Waals surface area (Å²) < 4.78 is 43.3. The van der Waals surface area contributed by atoms with Crippen LogP contribution < -0.4 is 4.74 Å². The van der Waals surface area contributed by atoms with Crippen LogP contribution in [-0.4, -0.2) is 45.2 Å². The van der Waals surface area contributed by atoms with Gasteiger partial charge in [-0.25, -0.2) is 13.6 Å². The number of carbonyl (C=O) groups is 1. The zero-order valence-electron chi connectivity index (χ0n) is 20.0. The second kappa shape index (κ2) is 8.34. The lowest BCUT2D eigenvalue weighted by Gasteiger charge is -2.35. The number of ether oxygens (including phenoxy) is 2. The molecule has 2 aromatic heterocycles. The molecular weight excluding hydrogens is 456 g/mol. The molecule has 1 fully saturated rings. The molecule has 1 saturated heterocycles. The van der Waals surface area contributed by atoms with Crippen LogP contribution in [-0.2, 0) is 9.53 Å². The van der Waals surface area contributed by atoms with E-state index in [9.17, 15) is 14.3 Å². The van der Waals surface area contributed by atoms with E-state index in [1.54, 1.807) is 25.3 Å². The van der Waals surface area contributed by atoms with Crippen molar-refractivity contribution in [1.82, 2.24) is 14.8 Å². The Kier molecular flexibility index (Phi) is 5.55. The van der Waals surface area contributed by atoms with Gasteiger partial charge in [0.25, 0.3) is 0 Å². The molecule has 0 radical (unpaired) electrons. The average Bonchev–Trinajstić information content (AvgIpc) is 3.43. The number of H-pyrrole nitrogens is 1. The monoisotopic (exact) mass is 483 g/mol. The van der Waals surface area contributed by atoms with Crippen LogP contribution in [0.15, 0.2) is 30.5 Å². The van der Waals surface area contributed by atoms with Crippen molar-refractivity contribution >= 4 is 27.8 Å². The molecule has 0 saturated carbocycles. The molecule has 5 rings (SSSR count). The van der Waals surface area contributed by atoms with Crippen molar-refractivity contribution in [2.75, 3.05) is 13.7 Å². The van der Waals surface area contributed by atoms with E-state index in [1.165, 1.54) is 13.2 Å². The first kappa shape index (κ1) is 23.3. The molecular formula is C26H27F2N3O4. The largest absolute Gasteiger partial charge is 0.494 e. The molecule has 0 amide bonds. The summed E-state index contributed by atoms with van der Waals surface area (Å²) in [6.07, 6.45) is 2.39. The third kappa shape index (κ3) is 3.56. The minimum absolute atomic E-state index is 0.0305. The first-order chi connectivity index (χ1) is 16.7. The molecule has 2 N–H and O–H groups in total. The fraction of sp³-hybridized carbons (Fsp3) is 0.385. The van der Waals surface area contributed by atoms with Crippen LogP contribution in [0.5, 0.6) is 5.75 Å². The fourth-order valence-corrected chi connectivity index (χ4v) is 5.18. The number of rotatable bonds is 5. The van der Waals surface area contributed by atoms with Gasteiger partial charge in [0.05, 0.1) is 25.4 Å². The minimum Gasteiger partial charge on any atom is -0.494 e. The minimum atomic E-state index is -1.27. The highest BCUT2D eigenvalue weighted by atomic mass is 19.1. The smallest absolute Gasteiger partial charge is 0.335 e. The number of carboxylic acids is 1. The topological polar surface area (TPSA) is 89.4 Å². The van der Waals surface area contributed by atoms with Crippen LogP contribution in [0.3, 0.4) is 0 Å². The van der Waals surface area contributed by atoms with Gasteiger partial charge in [0.15, 0.2) is 23.0 Å². The Balaban J connectivity index is 1.81. The van der Waals surface area contributed by atoms with E-state index in [-0.39, 0.29) is 24.2 Å². The SMILES string of the molecule is COc1cc(-n2c(C(C)C)c([C@H]3CC[C@](C)(C(=O)O)OC3)c3c(F)c4[nH]ncc4cc32)ccc1F. The number of aliphatic carboxylic acids is 1. The summed E-state index contributed by atoms with van der Waals surface area (Å²) >= 11 is 0. The zero-order chi connectivity index (χ0) is 25.1. The number of benzene rings is 2. The molecule has 0 aliphatic carbocycles. The van der Waals surface area contributed by atoms with E-state index in [0.717, 1.165) is 11.3 Å². The number of nitrogens with one attached hydrogen (secondary N) is 1. The van der Waals surface area contributed by atoms with Crippen LogP contribution in [0, 0.1) is 11.6 Å². The van der Waals surface area contributed by atoms with E-state index in [2.05, 4.69) is 10.2 Å². The maximum absolute atomic E-state index is 16.1. The van der Waals surface area contributed by atoms with Crippen molar-refractivity contribution in [2.24, 2.45) is 0 Å². The zero-order valence-corrected chi connectivity index (χ0v) is 20.0. The van der Waals surface area contributed by atoms with Crippen molar-refractivity contribution in [3.8, 4) is 11.4 Å². The normalized spacial score (nSPS) is 20.7. The second-order valence-electron chi connectivity index (χ2n) is 9.61. The maximum Gasteiger partial charge on any atom is 0.335 e. The van der Waals surface area contributed by atoms with Gasteiger partial charge in [0.1, 0.15) is 5.52 Å². The highest BCUT2D eigenvalue weighted by molar-refractivity contribution is 6.00. The van der Waals surface area contributed by atoms with Crippen molar-refractivity contribution in [3.05, 3.63) is 53.4 Å². The lowest BCUT2D eigenvalue weighted by Crippen LogP contribution is -2.43. The maximum atomic E-state index is 16.1. The van der Waals surface area contributed by atoms with Gasteiger partial charge in [-0.2, -0.15) is 5.10 Å². The van der Waals surface area contributed by atoms with Crippen molar-refractivity contribution in [2.45, 2.75) is 51.0 Å². The molecule has 35 heavy (non-hydrogen) atoms. The molecule has 1 aliphatic rings. The van der Waals surface area contributed by atoms with Gasteiger partial charge in [-0.15, -0.1) is 0 Å². The van der Waals surface area contributed by atoms with E-state index in [4.69, 9.17) is 9.47 Å². The van der Waals surface area contributed by atoms with Crippen molar-refractivity contribution in [1.29, 1.82) is 0 Å². The van der Waals surface area contributed by atoms with Gasteiger partial charge < -0.3 is 19.1 Å². The molecule has 0 bridgehead atoms. The number of fused-ring (bicyclic) bond motifs is 2. The molecule has 1 aliphatic heterocycles. The third-order valence-electron chi connectivity index (χ3n) is 7.06. The number of hydrogen-bond acceptors (Lipinski definition) is 4. The molecule has 3 heterocycles. The van der Waals surface area contributed by atoms with Gasteiger partial charge in [0.2, 0.25) is 0 Å². The predicted molar refractivity (Wildman–Crippen MR) is 127 cm³/mol. The van der Waals surface area contributed by atoms with E-state index < -0.39 is 23.2 Å². The number of hydrogen-bond donors (Lipinski definition) is 2. The Hall–Kier alpha value is -3.46. The van der Waals surface area contributed by atoms with E-state index in [1.807, 2.05) is 24.5 Å². The van der Waals surface area contributed by atoms with Crippen LogP contribution >= 0.6 is 0 Å². The van der Waals surface area contributed by atoms with Crippen LogP contribution in [0.1, 0.15) is 56.7 Å². The number of carboxylic acid groups (broad SMARTS) is 1. The van der Waals surface area contributed by atoms with E-state index >= 15 is 4.39 Å². The van der Waals surface area contributed by atoms with Crippen LogP contribution in [0.2, 0.25) is 0 Å². The Morgan fingerprint density at radius 3 is 2.74 bits per heavy atom. The lowest BCUT2D eigenvalue weighted by atomic mass is 9.83. The summed E-state index contributed by atoms with van der Waals surface area (Å²) in [6.45, 7) is 5.75. The van der Waals surface area contributed by atoms with Gasteiger partial charge in [-0.3, -0.25) is 5.10 Å². The molecule has 2 aromatic carbocycles. The second-order valence-corrected chi connectivity index (χ2v) is 9.61. The summed E-state index contributed by atoms with van der Waals surface area (Å²) in [5, 5.41) is 17.4. The van der Waals surface area contributed by atoms with Crippen molar-refractivity contribution < 1.29 is 28.2 Å². The lowest BCUT2D eigenvalue weighted by molar-refractivity contribution is -0.170. The number of halogens is 2. The number of aromatic nitrogens is 3. The molecule has 0 unspecified atom stereocenters. The Labute approximate surface area is 200 Å². The van der Waals surface area contributed by atoms with Crippen LogP contribution in [0.4, 0.5) is 8.78 Å². The summed E-state index contributed by atoms with van der Waals surface area (Å²) in [7, 11) is 1.40. The Morgan fingerprint density at radius 1 is 1.34 bits per heavy atom. The third-order valence-corrected chi connectivity index (χ3v) is 7.06. The molecule has 4 aromatic rings. The van der Waals surface area contributed by atoms with E-state index in [0.29, 0.717) is 40.3 Å². The summed E-state index contributed by atoms with van der Waals surface area (Å²) in [6, 6.07) is 6.44. The molecule has 2 atom stereocenters. The summed E-state index contributed by atoms with van der Waals surface area (Å²) in [5.74, 6) is -2.09. The average molecular weight is 484 g/mol. The predicted octanol–water partition coefficient (Wildman–Crippen LogP) is 5.65. The number of methoxy groups -OCH3 is 1. The Morgan fingerprint density at radius 2 is 2.11 bits per heavy atom. The van der Waals surface area contributed by atoms with Crippen molar-refractivity contribution in [3.63, 3.8) is 0 Å². The summed E-state index contributed by atoms with van der Waals surface area (Å²) in [4.78, 5) is 11.7. The number of aromatic amines is 1. The molecule has 184 valence electrons. The molecule has 7 nitrogen and oxygen atoms in total. The van der Waals surface area contributed by atoms with Gasteiger partial charge in [-0.05, 0) is 49.4 Å². The van der Waals surface area contributed by atoms with Gasteiger partial charge in [-0.1, -0.05) is 13.8 Å². The number of nitrogens with zero attached hydrogens (tertiary/aromatic N) is 2. The fourth-order valence-electron chi connectivity index (χ4n) is 5.18. The molecule has 0 spiro atoms. The van der Waals surface area contributed by atoms with Crippen LogP contribution in [0.25, 0.3) is 27.5 Å². The standard InChI is InChI=1S/C26H27F2N3O4/c1-13(2)24-20(14-7-8-26(3,25(32)33)35-12-14)21-18(9-15-11-29-30-23(15)22(21)28)31(24)16-5-6-17(27)19(10-16)34-4/h5-6,9-11,13-14H,7-8,12H2,1-4H3,(H,29,30)(H,32,33)/t14-,26+/m0/s1. The Bertz CT molecular complexity index is 1450. The highest BCUT2D eigenvalue weighted by Gasteiger charge is 2.41. The quantitative estimate of drug-likeness (QED) is 0.383. The highest BCUT2D eigenvalue weighted by Crippen LogP contribution is 2.45. The molecule has 9 heteroatoms. The van der Waals surface area contributed by atoms with Gasteiger partial charge in [0, 0.05) is 34.1 Å². The van der Waals surface area contributed by atoms with Gasteiger partial charge >= 0.3 is 5.97 Å². The first-order valence-corrected chi connectivity index (χ1v) is 11.6. The summed E-state index contributed by atoms with van der Waals surface area (Å²) in [5.41, 5.74) is 1.93.